The lowest BCUT2D eigenvalue weighted by Gasteiger charge is -2.17. The minimum absolute atomic E-state index is 0.00132. The van der Waals surface area contributed by atoms with Crippen molar-refractivity contribution in [2.45, 2.75) is 30.7 Å². The van der Waals surface area contributed by atoms with E-state index < -0.39 is 10.0 Å². The molecule has 0 bridgehead atoms. The topological polar surface area (TPSA) is 84.5 Å². The van der Waals surface area contributed by atoms with Crippen molar-refractivity contribution in [3.05, 3.63) is 22.2 Å². The highest BCUT2D eigenvalue weighted by molar-refractivity contribution is 9.10. The van der Waals surface area contributed by atoms with Crippen LogP contribution < -0.4 is 14.8 Å². The molecule has 1 heterocycles. The van der Waals surface area contributed by atoms with E-state index in [1.165, 1.54) is 6.07 Å². The van der Waals surface area contributed by atoms with Gasteiger partial charge in [-0.3, -0.25) is 4.79 Å². The first kappa shape index (κ1) is 15.8. The maximum Gasteiger partial charge on any atom is 0.255 e. The monoisotopic (exact) mass is 388 g/mol. The van der Waals surface area contributed by atoms with Gasteiger partial charge in [-0.05, 0) is 37.8 Å². The Morgan fingerprint density at radius 1 is 1.41 bits per heavy atom. The Morgan fingerprint density at radius 2 is 2.14 bits per heavy atom. The lowest BCUT2D eigenvalue weighted by atomic mass is 10.2. The third-order valence-corrected chi connectivity index (χ3v) is 5.88. The Bertz CT molecular complexity index is 716. The van der Waals surface area contributed by atoms with Gasteiger partial charge in [-0.2, -0.15) is 0 Å². The Kier molecular flexibility index (Phi) is 4.17. The summed E-state index contributed by atoms with van der Waals surface area (Å²) >= 11 is 3.27. The lowest BCUT2D eigenvalue weighted by molar-refractivity contribution is 0.0957. The van der Waals surface area contributed by atoms with Crippen molar-refractivity contribution < 1.29 is 17.9 Å². The van der Waals surface area contributed by atoms with Crippen LogP contribution in [0.5, 0.6) is 5.75 Å². The quantitative estimate of drug-likeness (QED) is 0.820. The number of fused-ring (bicyclic) bond motifs is 1. The Labute approximate surface area is 137 Å². The van der Waals surface area contributed by atoms with Crippen LogP contribution in [0.2, 0.25) is 0 Å². The highest BCUT2D eigenvalue weighted by atomic mass is 79.9. The van der Waals surface area contributed by atoms with Gasteiger partial charge in [-0.25, -0.2) is 13.1 Å². The lowest BCUT2D eigenvalue weighted by Crippen LogP contribution is -2.34. The average Bonchev–Trinajstić information content (AvgIpc) is 3.27. The van der Waals surface area contributed by atoms with E-state index in [1.807, 2.05) is 6.92 Å². The van der Waals surface area contributed by atoms with Crippen LogP contribution in [-0.4, -0.2) is 33.5 Å². The highest BCUT2D eigenvalue weighted by Crippen LogP contribution is 2.36. The van der Waals surface area contributed by atoms with Gasteiger partial charge in [0, 0.05) is 10.5 Å². The largest absolute Gasteiger partial charge is 0.489 e. The molecule has 1 atom stereocenters. The number of hydrogen-bond donors (Lipinski definition) is 2. The molecule has 120 valence electrons. The van der Waals surface area contributed by atoms with Crippen LogP contribution in [0.15, 0.2) is 21.5 Å². The van der Waals surface area contributed by atoms with Crippen molar-refractivity contribution in [2.75, 3.05) is 13.2 Å². The zero-order chi connectivity index (χ0) is 15.9. The zero-order valence-electron chi connectivity index (χ0n) is 12.1. The number of halogens is 1. The first-order chi connectivity index (χ1) is 10.4. The van der Waals surface area contributed by atoms with E-state index >= 15 is 0 Å². The second-order valence-corrected chi connectivity index (χ2v) is 8.23. The van der Waals surface area contributed by atoms with Gasteiger partial charge in [-0.15, -0.1) is 0 Å². The van der Waals surface area contributed by atoms with E-state index in [1.54, 1.807) is 6.07 Å². The smallest absolute Gasteiger partial charge is 0.255 e. The van der Waals surface area contributed by atoms with E-state index in [-0.39, 0.29) is 34.8 Å². The molecule has 0 saturated heterocycles. The van der Waals surface area contributed by atoms with Crippen LogP contribution in [0.25, 0.3) is 0 Å². The van der Waals surface area contributed by atoms with Crippen molar-refractivity contribution in [1.29, 1.82) is 0 Å². The molecule has 3 rings (SSSR count). The van der Waals surface area contributed by atoms with Crippen molar-refractivity contribution in [3.8, 4) is 5.75 Å². The van der Waals surface area contributed by atoms with Gasteiger partial charge in [-0.1, -0.05) is 15.9 Å². The van der Waals surface area contributed by atoms with Gasteiger partial charge in [0.2, 0.25) is 10.0 Å². The molecular weight excluding hydrogens is 372 g/mol. The molecule has 1 aliphatic heterocycles. The maximum atomic E-state index is 12.7. The van der Waals surface area contributed by atoms with Crippen LogP contribution in [0.4, 0.5) is 0 Å². The minimum atomic E-state index is -3.75. The first-order valence-electron chi connectivity index (χ1n) is 7.15. The molecule has 22 heavy (non-hydrogen) atoms. The van der Waals surface area contributed by atoms with Gasteiger partial charge < -0.3 is 10.1 Å². The molecule has 0 aromatic heterocycles. The number of carbonyl (C=O) groups excluding carboxylic acids is 1. The van der Waals surface area contributed by atoms with Gasteiger partial charge >= 0.3 is 0 Å². The number of hydrogen-bond acceptors (Lipinski definition) is 4. The first-order valence-corrected chi connectivity index (χ1v) is 9.43. The number of carbonyl (C=O) groups is 1. The molecule has 2 aliphatic rings. The second-order valence-electron chi connectivity index (χ2n) is 5.63. The number of nitrogens with one attached hydrogen (secondary N) is 2. The number of sulfonamides is 1. The summed E-state index contributed by atoms with van der Waals surface area (Å²) in [5.74, 6) is 0.180. The van der Waals surface area contributed by atoms with Crippen LogP contribution in [0.3, 0.4) is 0 Å². The molecule has 1 aromatic carbocycles. The van der Waals surface area contributed by atoms with Crippen molar-refractivity contribution in [2.24, 2.45) is 5.92 Å². The fourth-order valence-electron chi connectivity index (χ4n) is 2.50. The summed E-state index contributed by atoms with van der Waals surface area (Å²) in [5.41, 5.74) is 0.228. The van der Waals surface area contributed by atoms with E-state index in [0.717, 1.165) is 12.8 Å². The van der Waals surface area contributed by atoms with Crippen LogP contribution in [-0.2, 0) is 10.0 Å². The normalized spacial score (nSPS) is 19.6. The van der Waals surface area contributed by atoms with Crippen LogP contribution in [0.1, 0.15) is 30.1 Å². The van der Waals surface area contributed by atoms with Crippen molar-refractivity contribution in [1.82, 2.24) is 10.0 Å². The van der Waals surface area contributed by atoms with E-state index in [9.17, 15) is 13.2 Å². The molecule has 1 aromatic rings. The molecule has 8 heteroatoms. The van der Waals surface area contributed by atoms with E-state index in [2.05, 4.69) is 26.0 Å². The minimum Gasteiger partial charge on any atom is -0.489 e. The summed E-state index contributed by atoms with van der Waals surface area (Å²) in [6.07, 6.45) is 2.08. The standard InChI is InChI=1S/C14H17BrN2O4S/c1-8(9-2-3-9)17-22(19,20)12-7-10(15)6-11-13(12)21-5-4-16-14(11)18/h6-9,17H,2-5H2,1H3,(H,16,18)/t8-/m0/s1. The van der Waals surface area contributed by atoms with E-state index in [0.29, 0.717) is 16.9 Å². The van der Waals surface area contributed by atoms with Gasteiger partial charge in [0.1, 0.15) is 11.5 Å². The Balaban J connectivity index is 2.04. The molecule has 0 unspecified atom stereocenters. The number of rotatable bonds is 4. The fraction of sp³-hybridized carbons (Fsp3) is 0.500. The molecule has 1 amide bonds. The summed E-state index contributed by atoms with van der Waals surface area (Å²) in [6, 6.07) is 2.91. The Hall–Kier alpha value is -1.12. The fourth-order valence-corrected chi connectivity index (χ4v) is 4.61. The summed E-state index contributed by atoms with van der Waals surface area (Å²) in [6.45, 7) is 2.44. The summed E-state index contributed by atoms with van der Waals surface area (Å²) < 4.78 is 34.1. The zero-order valence-corrected chi connectivity index (χ0v) is 14.5. The molecular formula is C14H17BrN2O4S. The van der Waals surface area contributed by atoms with Gasteiger partial charge in [0.25, 0.3) is 5.91 Å². The second kappa shape index (κ2) is 5.82. The third kappa shape index (κ3) is 3.13. The number of benzene rings is 1. The van der Waals surface area contributed by atoms with Crippen LogP contribution in [0, 0.1) is 5.92 Å². The summed E-state index contributed by atoms with van der Waals surface area (Å²) in [4.78, 5) is 12.1. The maximum absolute atomic E-state index is 12.7. The highest BCUT2D eigenvalue weighted by Gasteiger charge is 2.34. The molecule has 6 nitrogen and oxygen atoms in total. The average molecular weight is 389 g/mol. The van der Waals surface area contributed by atoms with Crippen LogP contribution >= 0.6 is 15.9 Å². The SMILES string of the molecule is C[C@H](NS(=O)(=O)c1cc(Br)cc2c1OCCNC2=O)C1CC1. The summed E-state index contributed by atoms with van der Waals surface area (Å²) in [7, 11) is -3.75. The molecule has 1 aliphatic carbocycles. The number of ether oxygens (including phenoxy) is 1. The third-order valence-electron chi connectivity index (χ3n) is 3.86. The molecule has 1 fully saturated rings. The molecule has 1 saturated carbocycles. The predicted molar refractivity (Wildman–Crippen MR) is 84.5 cm³/mol. The van der Waals surface area contributed by atoms with Gasteiger partial charge in [0.15, 0.2) is 5.75 Å². The molecule has 0 radical (unpaired) electrons. The van der Waals surface area contributed by atoms with Crippen molar-refractivity contribution in [3.63, 3.8) is 0 Å². The molecule has 0 spiro atoms. The van der Waals surface area contributed by atoms with Gasteiger partial charge in [0.05, 0.1) is 12.1 Å². The number of amides is 1. The van der Waals surface area contributed by atoms with Crippen molar-refractivity contribution >= 4 is 31.9 Å². The summed E-state index contributed by atoms with van der Waals surface area (Å²) in [5, 5.41) is 2.68. The Morgan fingerprint density at radius 3 is 2.82 bits per heavy atom. The predicted octanol–water partition coefficient (Wildman–Crippen LogP) is 1.65. The molecule has 2 N–H and O–H groups in total. The van der Waals surface area contributed by atoms with E-state index in [4.69, 9.17) is 4.74 Å².